The first-order valence-corrected chi connectivity index (χ1v) is 5.69. The lowest BCUT2D eigenvalue weighted by atomic mass is 9.79. The fraction of sp³-hybridized carbons (Fsp3) is 0.500. The fourth-order valence-corrected chi connectivity index (χ4v) is 2.21. The SMILES string of the molecule is CCc1ccc(Cl)c2c1C(C)(C)C(O)OO2. The van der Waals surface area contributed by atoms with Crippen molar-refractivity contribution >= 4 is 11.6 Å². The van der Waals surface area contributed by atoms with E-state index in [1.807, 2.05) is 19.9 Å². The molecule has 0 bridgehead atoms. The Morgan fingerprint density at radius 2 is 2.12 bits per heavy atom. The second kappa shape index (κ2) is 3.91. The molecule has 0 fully saturated rings. The largest absolute Gasteiger partial charge is 0.364 e. The summed E-state index contributed by atoms with van der Waals surface area (Å²) in [6.45, 7) is 5.88. The van der Waals surface area contributed by atoms with Crippen molar-refractivity contribution in [3.63, 3.8) is 0 Å². The lowest BCUT2D eigenvalue weighted by Crippen LogP contribution is -2.41. The Hall–Kier alpha value is -0.770. The minimum absolute atomic E-state index is 0.507. The Morgan fingerprint density at radius 1 is 1.44 bits per heavy atom. The van der Waals surface area contributed by atoms with Crippen molar-refractivity contribution in [2.24, 2.45) is 0 Å². The van der Waals surface area contributed by atoms with Crippen LogP contribution in [-0.2, 0) is 16.7 Å². The van der Waals surface area contributed by atoms with Gasteiger partial charge in [0.2, 0.25) is 6.29 Å². The van der Waals surface area contributed by atoms with E-state index in [1.165, 1.54) is 0 Å². The van der Waals surface area contributed by atoms with E-state index in [4.69, 9.17) is 21.4 Å². The number of rotatable bonds is 1. The van der Waals surface area contributed by atoms with Gasteiger partial charge in [0.15, 0.2) is 5.75 Å². The van der Waals surface area contributed by atoms with Gasteiger partial charge in [0.25, 0.3) is 0 Å². The van der Waals surface area contributed by atoms with Gasteiger partial charge in [0.1, 0.15) is 0 Å². The molecule has 2 rings (SSSR count). The van der Waals surface area contributed by atoms with Crippen LogP contribution >= 0.6 is 11.6 Å². The van der Waals surface area contributed by atoms with Crippen molar-refractivity contribution in [3.8, 4) is 5.75 Å². The summed E-state index contributed by atoms with van der Waals surface area (Å²) >= 11 is 6.06. The van der Waals surface area contributed by atoms with Crippen molar-refractivity contribution in [2.45, 2.75) is 38.9 Å². The van der Waals surface area contributed by atoms with Crippen LogP contribution in [0.2, 0.25) is 5.02 Å². The van der Waals surface area contributed by atoms with E-state index in [9.17, 15) is 5.11 Å². The van der Waals surface area contributed by atoms with Crippen LogP contribution in [0.4, 0.5) is 0 Å². The molecule has 0 saturated heterocycles. The van der Waals surface area contributed by atoms with Gasteiger partial charge < -0.3 is 9.99 Å². The molecule has 0 spiro atoms. The van der Waals surface area contributed by atoms with Crippen LogP contribution in [0.15, 0.2) is 12.1 Å². The van der Waals surface area contributed by atoms with Crippen LogP contribution < -0.4 is 4.89 Å². The lowest BCUT2D eigenvalue weighted by Gasteiger charge is -2.37. The Morgan fingerprint density at radius 3 is 2.75 bits per heavy atom. The van der Waals surface area contributed by atoms with Crippen molar-refractivity contribution in [2.75, 3.05) is 0 Å². The zero-order chi connectivity index (χ0) is 11.9. The van der Waals surface area contributed by atoms with Crippen LogP contribution in [0.3, 0.4) is 0 Å². The van der Waals surface area contributed by atoms with Gasteiger partial charge in [-0.05, 0) is 18.1 Å². The minimum atomic E-state index is -0.983. The number of halogens is 1. The maximum absolute atomic E-state index is 9.80. The Bertz CT molecular complexity index is 415. The number of benzene rings is 1. The molecule has 0 aliphatic carbocycles. The highest BCUT2D eigenvalue weighted by atomic mass is 35.5. The number of hydrogen-bond donors (Lipinski definition) is 1. The molecule has 0 radical (unpaired) electrons. The van der Waals surface area contributed by atoms with E-state index in [0.29, 0.717) is 10.8 Å². The first-order chi connectivity index (χ1) is 7.48. The highest BCUT2D eigenvalue weighted by Gasteiger charge is 2.41. The first-order valence-electron chi connectivity index (χ1n) is 5.31. The maximum atomic E-state index is 9.80. The Balaban J connectivity index is 2.67. The van der Waals surface area contributed by atoms with E-state index >= 15 is 0 Å². The molecule has 1 aromatic rings. The summed E-state index contributed by atoms with van der Waals surface area (Å²) in [7, 11) is 0. The third-order valence-corrected chi connectivity index (χ3v) is 3.36. The highest BCUT2D eigenvalue weighted by molar-refractivity contribution is 6.32. The number of aliphatic hydroxyl groups excluding tert-OH is 1. The third kappa shape index (κ3) is 1.59. The molecule has 16 heavy (non-hydrogen) atoms. The van der Waals surface area contributed by atoms with Crippen molar-refractivity contribution in [1.29, 1.82) is 0 Å². The Kier molecular flexibility index (Phi) is 2.86. The third-order valence-electron chi connectivity index (χ3n) is 3.06. The minimum Gasteiger partial charge on any atom is -0.364 e. The molecule has 1 aromatic carbocycles. The summed E-state index contributed by atoms with van der Waals surface area (Å²) in [6, 6.07) is 3.75. The van der Waals surface area contributed by atoms with Gasteiger partial charge >= 0.3 is 0 Å². The molecule has 0 amide bonds. The molecule has 1 unspecified atom stereocenters. The molecule has 0 aromatic heterocycles. The molecule has 1 aliphatic heterocycles. The normalized spacial score (nSPS) is 22.4. The highest BCUT2D eigenvalue weighted by Crippen LogP contribution is 2.45. The lowest BCUT2D eigenvalue weighted by molar-refractivity contribution is -0.335. The zero-order valence-electron chi connectivity index (χ0n) is 9.58. The van der Waals surface area contributed by atoms with Gasteiger partial charge in [-0.25, -0.2) is 0 Å². The summed E-state index contributed by atoms with van der Waals surface area (Å²) in [4.78, 5) is 9.93. The molecule has 4 heteroatoms. The summed E-state index contributed by atoms with van der Waals surface area (Å²) in [5.74, 6) is 0.524. The summed E-state index contributed by atoms with van der Waals surface area (Å²) < 4.78 is 0. The van der Waals surface area contributed by atoms with Gasteiger partial charge in [-0.1, -0.05) is 38.4 Å². The molecule has 3 nitrogen and oxygen atoms in total. The molecule has 0 saturated carbocycles. The van der Waals surface area contributed by atoms with E-state index < -0.39 is 11.7 Å². The van der Waals surface area contributed by atoms with Gasteiger partial charge in [-0.15, -0.1) is 0 Å². The van der Waals surface area contributed by atoms with Gasteiger partial charge in [0.05, 0.1) is 5.02 Å². The smallest absolute Gasteiger partial charge is 0.209 e. The number of fused-ring (bicyclic) bond motifs is 1. The second-order valence-electron chi connectivity index (χ2n) is 4.52. The number of hydrogen-bond acceptors (Lipinski definition) is 3. The van der Waals surface area contributed by atoms with Crippen LogP contribution in [0.25, 0.3) is 0 Å². The molecular formula is C12H15ClO3. The van der Waals surface area contributed by atoms with E-state index in [-0.39, 0.29) is 0 Å². The van der Waals surface area contributed by atoms with Crippen molar-refractivity contribution in [3.05, 3.63) is 28.3 Å². The summed E-state index contributed by atoms with van der Waals surface area (Å²) in [5, 5.41) is 10.3. The second-order valence-corrected chi connectivity index (χ2v) is 4.92. The van der Waals surface area contributed by atoms with E-state index in [0.717, 1.165) is 17.5 Å². The van der Waals surface area contributed by atoms with Crippen LogP contribution in [0, 0.1) is 0 Å². The molecule has 1 aliphatic rings. The zero-order valence-corrected chi connectivity index (χ0v) is 10.3. The summed E-state index contributed by atoms with van der Waals surface area (Å²) in [5.41, 5.74) is 1.53. The predicted molar refractivity (Wildman–Crippen MR) is 61.6 cm³/mol. The standard InChI is InChI=1S/C12H15ClO3/c1-4-7-5-6-8(13)10-9(7)12(2,3)11(14)16-15-10/h5-6,11,14H,4H2,1-3H3. The fourth-order valence-electron chi connectivity index (χ4n) is 2.02. The van der Waals surface area contributed by atoms with Gasteiger partial charge in [-0.2, -0.15) is 4.89 Å². The number of aliphatic hydroxyl groups is 1. The quantitative estimate of drug-likeness (QED) is 0.770. The molecule has 1 atom stereocenters. The van der Waals surface area contributed by atoms with Gasteiger partial charge in [0, 0.05) is 11.0 Å². The monoisotopic (exact) mass is 242 g/mol. The average molecular weight is 243 g/mol. The van der Waals surface area contributed by atoms with Crippen molar-refractivity contribution < 1.29 is 14.9 Å². The Labute approximate surface area is 99.9 Å². The molecule has 1 N–H and O–H groups in total. The first kappa shape index (κ1) is 11.7. The van der Waals surface area contributed by atoms with E-state index in [1.54, 1.807) is 6.07 Å². The van der Waals surface area contributed by atoms with E-state index in [2.05, 4.69) is 6.92 Å². The summed E-state index contributed by atoms with van der Waals surface area (Å²) in [6.07, 6.45) is -0.122. The predicted octanol–water partition coefficient (Wildman–Crippen LogP) is 2.82. The van der Waals surface area contributed by atoms with Crippen molar-refractivity contribution in [1.82, 2.24) is 0 Å². The van der Waals surface area contributed by atoms with Crippen LogP contribution in [-0.4, -0.2) is 11.4 Å². The topological polar surface area (TPSA) is 38.7 Å². The molecule has 1 heterocycles. The van der Waals surface area contributed by atoms with Crippen LogP contribution in [0.1, 0.15) is 31.9 Å². The number of aryl methyl sites for hydroxylation is 1. The maximum Gasteiger partial charge on any atom is 0.209 e. The van der Waals surface area contributed by atoms with Gasteiger partial charge in [-0.3, -0.25) is 0 Å². The van der Waals surface area contributed by atoms with Crippen LogP contribution in [0.5, 0.6) is 5.75 Å². The molecular weight excluding hydrogens is 228 g/mol. The average Bonchev–Trinajstić information content (AvgIpc) is 2.24. The molecule has 88 valence electrons.